The number of aromatic nitrogens is 2. The van der Waals surface area contributed by atoms with Crippen LogP contribution in [-0.2, 0) is 23.1 Å². The van der Waals surface area contributed by atoms with E-state index in [1.807, 2.05) is 36.2 Å². The second kappa shape index (κ2) is 7.09. The molecule has 2 fully saturated rings. The van der Waals surface area contributed by atoms with Crippen molar-refractivity contribution in [2.75, 3.05) is 13.1 Å². The number of hydrogen-bond donors (Lipinski definition) is 1. The Balaban J connectivity index is 1.31. The smallest absolute Gasteiger partial charge is 0.225 e. The van der Waals surface area contributed by atoms with Crippen LogP contribution in [0.15, 0.2) is 24.3 Å². The van der Waals surface area contributed by atoms with Crippen molar-refractivity contribution in [2.45, 2.75) is 44.6 Å². The van der Waals surface area contributed by atoms with Gasteiger partial charge in [0, 0.05) is 39.0 Å². The first-order valence-electron chi connectivity index (χ1n) is 9.61. The summed E-state index contributed by atoms with van der Waals surface area (Å²) in [5.41, 5.74) is 2.08. The molecule has 6 nitrogen and oxygen atoms in total. The first kappa shape index (κ1) is 17.1. The van der Waals surface area contributed by atoms with E-state index >= 15 is 0 Å². The van der Waals surface area contributed by atoms with Crippen LogP contribution in [-0.4, -0.2) is 45.4 Å². The summed E-state index contributed by atoms with van der Waals surface area (Å²) in [5.74, 6) is 0.898. The second-order valence-corrected chi connectivity index (χ2v) is 7.50. The van der Waals surface area contributed by atoms with Gasteiger partial charge in [0.15, 0.2) is 0 Å². The van der Waals surface area contributed by atoms with Crippen LogP contribution in [0.25, 0.3) is 11.0 Å². The molecule has 0 spiro atoms. The second-order valence-electron chi connectivity index (χ2n) is 7.50. The Morgan fingerprint density at radius 3 is 2.81 bits per heavy atom. The number of fused-ring (bicyclic) bond motifs is 1. The number of carbonyl (C=O) groups excluding carboxylic acids is 2. The van der Waals surface area contributed by atoms with Crippen molar-refractivity contribution in [3.63, 3.8) is 0 Å². The van der Waals surface area contributed by atoms with Crippen LogP contribution in [0.2, 0.25) is 0 Å². The van der Waals surface area contributed by atoms with E-state index in [2.05, 4.69) is 14.9 Å². The Morgan fingerprint density at radius 1 is 1.27 bits per heavy atom. The summed E-state index contributed by atoms with van der Waals surface area (Å²) in [4.78, 5) is 31.3. The third kappa shape index (κ3) is 3.20. The van der Waals surface area contributed by atoms with Gasteiger partial charge in [0.25, 0.3) is 0 Å². The normalized spacial score (nSPS) is 21.0. The van der Waals surface area contributed by atoms with Crippen LogP contribution in [0, 0.1) is 5.92 Å². The summed E-state index contributed by atoms with van der Waals surface area (Å²) >= 11 is 0. The molecule has 1 saturated heterocycles. The van der Waals surface area contributed by atoms with Gasteiger partial charge in [-0.1, -0.05) is 25.0 Å². The van der Waals surface area contributed by atoms with Gasteiger partial charge in [0.2, 0.25) is 11.8 Å². The predicted molar refractivity (Wildman–Crippen MR) is 99.5 cm³/mol. The Morgan fingerprint density at radius 2 is 2.04 bits per heavy atom. The van der Waals surface area contributed by atoms with E-state index in [1.54, 1.807) is 0 Å². The van der Waals surface area contributed by atoms with Crippen molar-refractivity contribution in [1.29, 1.82) is 0 Å². The first-order chi connectivity index (χ1) is 12.6. The molecule has 0 radical (unpaired) electrons. The fraction of sp³-hybridized carbons (Fsp3) is 0.550. The van der Waals surface area contributed by atoms with Crippen LogP contribution >= 0.6 is 0 Å². The van der Waals surface area contributed by atoms with Gasteiger partial charge < -0.3 is 14.8 Å². The maximum Gasteiger partial charge on any atom is 0.225 e. The van der Waals surface area contributed by atoms with Gasteiger partial charge in [-0.05, 0) is 25.0 Å². The zero-order valence-electron chi connectivity index (χ0n) is 15.3. The summed E-state index contributed by atoms with van der Waals surface area (Å²) in [7, 11) is 2.00. The molecule has 138 valence electrons. The summed E-state index contributed by atoms with van der Waals surface area (Å²) in [5, 5.41) is 3.01. The lowest BCUT2D eigenvalue weighted by atomic mass is 10.1. The third-order valence-electron chi connectivity index (χ3n) is 5.82. The van der Waals surface area contributed by atoms with E-state index in [9.17, 15) is 9.59 Å². The molecule has 2 aliphatic rings. The zero-order valence-corrected chi connectivity index (χ0v) is 15.3. The molecule has 2 amide bonds. The average Bonchev–Trinajstić information content (AvgIpc) is 3.35. The van der Waals surface area contributed by atoms with E-state index < -0.39 is 0 Å². The fourth-order valence-electron chi connectivity index (χ4n) is 4.34. The number of amides is 2. The highest BCUT2D eigenvalue weighted by Gasteiger charge is 2.38. The topological polar surface area (TPSA) is 67.2 Å². The molecule has 1 aromatic carbocycles. The molecule has 1 N–H and O–H groups in total. The van der Waals surface area contributed by atoms with Crippen LogP contribution in [0.3, 0.4) is 0 Å². The van der Waals surface area contributed by atoms with Gasteiger partial charge in [-0.3, -0.25) is 9.59 Å². The molecule has 0 bridgehead atoms. The minimum atomic E-state index is -0.205. The van der Waals surface area contributed by atoms with E-state index in [1.165, 1.54) is 12.8 Å². The van der Waals surface area contributed by atoms with E-state index in [0.29, 0.717) is 32.0 Å². The SMILES string of the molecule is Cn1c(CCNC(=O)[C@H]2CC(=O)N(C3CCCC3)C2)nc2ccccc21. The maximum atomic E-state index is 12.5. The quantitative estimate of drug-likeness (QED) is 0.893. The largest absolute Gasteiger partial charge is 0.355 e. The zero-order chi connectivity index (χ0) is 18.1. The molecular formula is C20H26N4O2. The number of imidazole rings is 1. The van der Waals surface area contributed by atoms with Crippen LogP contribution in [0.5, 0.6) is 0 Å². The molecule has 1 saturated carbocycles. The van der Waals surface area contributed by atoms with Crippen LogP contribution in [0.1, 0.15) is 37.9 Å². The lowest BCUT2D eigenvalue weighted by Crippen LogP contribution is -2.37. The Hall–Kier alpha value is -2.37. The van der Waals surface area contributed by atoms with Crippen molar-refractivity contribution in [3.05, 3.63) is 30.1 Å². The standard InChI is InChI=1S/C20H26N4O2/c1-23-17-9-5-4-8-16(17)22-18(23)10-11-21-20(26)14-12-19(25)24(13-14)15-6-2-3-7-15/h4-5,8-9,14-15H,2-3,6-7,10-13H2,1H3,(H,21,26)/t14-/m0/s1. The molecule has 1 aliphatic carbocycles. The molecule has 6 heteroatoms. The van der Waals surface area contributed by atoms with Gasteiger partial charge in [0.1, 0.15) is 5.82 Å². The molecule has 4 rings (SSSR count). The van der Waals surface area contributed by atoms with Gasteiger partial charge >= 0.3 is 0 Å². The maximum absolute atomic E-state index is 12.5. The highest BCUT2D eigenvalue weighted by atomic mass is 16.2. The summed E-state index contributed by atoms with van der Waals surface area (Å²) < 4.78 is 2.07. The highest BCUT2D eigenvalue weighted by Crippen LogP contribution is 2.29. The van der Waals surface area contributed by atoms with E-state index in [0.717, 1.165) is 29.7 Å². The molecule has 1 aromatic heterocycles. The lowest BCUT2D eigenvalue weighted by molar-refractivity contribution is -0.130. The minimum absolute atomic E-state index is 0.00221. The summed E-state index contributed by atoms with van der Waals surface area (Å²) in [6.07, 6.45) is 5.62. The Bertz CT molecular complexity index is 822. The number of likely N-dealkylation sites (tertiary alicyclic amines) is 1. The highest BCUT2D eigenvalue weighted by molar-refractivity contribution is 5.89. The summed E-state index contributed by atoms with van der Waals surface area (Å²) in [6, 6.07) is 8.39. The number of carbonyl (C=O) groups is 2. The van der Waals surface area contributed by atoms with Crippen molar-refractivity contribution >= 4 is 22.8 Å². The molecular weight excluding hydrogens is 328 g/mol. The molecule has 26 heavy (non-hydrogen) atoms. The predicted octanol–water partition coefficient (Wildman–Crippen LogP) is 2.02. The number of aryl methyl sites for hydroxylation is 1. The number of para-hydroxylation sites is 2. The number of hydrogen-bond acceptors (Lipinski definition) is 3. The number of nitrogens with zero attached hydrogens (tertiary/aromatic N) is 3. The van der Waals surface area contributed by atoms with Crippen LogP contribution < -0.4 is 5.32 Å². The van der Waals surface area contributed by atoms with E-state index in [4.69, 9.17) is 0 Å². The number of nitrogens with one attached hydrogen (secondary N) is 1. The third-order valence-corrected chi connectivity index (χ3v) is 5.82. The molecule has 1 aliphatic heterocycles. The van der Waals surface area contributed by atoms with Gasteiger partial charge in [0.05, 0.1) is 17.0 Å². The van der Waals surface area contributed by atoms with Crippen molar-refractivity contribution in [3.8, 4) is 0 Å². The van der Waals surface area contributed by atoms with Crippen molar-refractivity contribution < 1.29 is 9.59 Å². The Labute approximate surface area is 153 Å². The van der Waals surface area contributed by atoms with E-state index in [-0.39, 0.29) is 17.7 Å². The lowest BCUT2D eigenvalue weighted by Gasteiger charge is -2.23. The van der Waals surface area contributed by atoms with Gasteiger partial charge in [-0.15, -0.1) is 0 Å². The molecule has 2 aromatic rings. The Kier molecular flexibility index (Phi) is 4.66. The van der Waals surface area contributed by atoms with Crippen molar-refractivity contribution in [2.24, 2.45) is 13.0 Å². The monoisotopic (exact) mass is 354 g/mol. The molecule has 0 unspecified atom stereocenters. The summed E-state index contributed by atoms with van der Waals surface area (Å²) in [6.45, 7) is 1.13. The van der Waals surface area contributed by atoms with Crippen LogP contribution in [0.4, 0.5) is 0 Å². The average molecular weight is 354 g/mol. The number of benzene rings is 1. The minimum Gasteiger partial charge on any atom is -0.355 e. The molecule has 1 atom stereocenters. The number of rotatable bonds is 5. The van der Waals surface area contributed by atoms with Gasteiger partial charge in [-0.2, -0.15) is 0 Å². The van der Waals surface area contributed by atoms with Gasteiger partial charge in [-0.25, -0.2) is 4.98 Å². The fourth-order valence-corrected chi connectivity index (χ4v) is 4.34. The van der Waals surface area contributed by atoms with Crippen molar-refractivity contribution in [1.82, 2.24) is 19.8 Å². The molecule has 2 heterocycles. The first-order valence-corrected chi connectivity index (χ1v) is 9.61.